The zero-order valence-corrected chi connectivity index (χ0v) is 13.2. The van der Waals surface area contributed by atoms with Crippen LogP contribution in [0, 0.1) is 0 Å². The first-order valence-corrected chi connectivity index (χ1v) is 7.73. The van der Waals surface area contributed by atoms with E-state index in [1.54, 1.807) is 21.9 Å². The molecule has 0 radical (unpaired) electrons. The Labute approximate surface area is 134 Å². The van der Waals surface area contributed by atoms with Crippen LogP contribution in [0.25, 0.3) is 0 Å². The SMILES string of the molecule is CC(C)N1C(=O)C2CN(C(=O)Nc3ccccc3)CCN2C1=O. The monoisotopic (exact) mass is 316 g/mol. The Morgan fingerprint density at radius 2 is 1.87 bits per heavy atom. The standard InChI is InChI=1S/C16H20N4O3/c1-11(2)20-14(21)13-10-18(8-9-19(13)16(20)23)15(22)17-12-6-4-3-5-7-12/h3-7,11,13H,8-10H2,1-2H3,(H,17,22). The second-order valence-corrected chi connectivity index (χ2v) is 6.04. The Kier molecular flexibility index (Phi) is 3.94. The fraction of sp³-hybridized carbons (Fsp3) is 0.438. The van der Waals surface area contributed by atoms with Gasteiger partial charge in [-0.15, -0.1) is 0 Å². The van der Waals surface area contributed by atoms with Gasteiger partial charge in [-0.05, 0) is 26.0 Å². The summed E-state index contributed by atoms with van der Waals surface area (Å²) < 4.78 is 0. The molecule has 1 N–H and O–H groups in total. The van der Waals surface area contributed by atoms with Crippen molar-refractivity contribution in [2.45, 2.75) is 25.9 Å². The number of carbonyl (C=O) groups is 3. The number of piperazine rings is 1. The minimum Gasteiger partial charge on any atom is -0.320 e. The van der Waals surface area contributed by atoms with Gasteiger partial charge in [-0.25, -0.2) is 9.59 Å². The molecule has 0 saturated carbocycles. The van der Waals surface area contributed by atoms with Crippen molar-refractivity contribution in [3.63, 3.8) is 0 Å². The van der Waals surface area contributed by atoms with E-state index >= 15 is 0 Å². The summed E-state index contributed by atoms with van der Waals surface area (Å²) in [5.41, 5.74) is 0.706. The van der Waals surface area contributed by atoms with E-state index in [0.29, 0.717) is 18.8 Å². The van der Waals surface area contributed by atoms with Gasteiger partial charge in [-0.3, -0.25) is 9.69 Å². The molecule has 1 atom stereocenters. The molecule has 2 aliphatic heterocycles. The van der Waals surface area contributed by atoms with E-state index in [1.807, 2.05) is 32.0 Å². The maximum atomic E-state index is 12.4. The summed E-state index contributed by atoms with van der Waals surface area (Å²) in [6, 6.07) is 7.92. The first-order chi connectivity index (χ1) is 11.0. The Balaban J connectivity index is 1.69. The molecule has 1 aromatic carbocycles. The number of para-hydroxylation sites is 1. The van der Waals surface area contributed by atoms with Gasteiger partial charge in [0, 0.05) is 24.8 Å². The van der Waals surface area contributed by atoms with Gasteiger partial charge < -0.3 is 15.1 Å². The third kappa shape index (κ3) is 2.74. The van der Waals surface area contributed by atoms with Crippen LogP contribution in [-0.4, -0.2) is 64.4 Å². The van der Waals surface area contributed by atoms with Crippen molar-refractivity contribution in [3.8, 4) is 0 Å². The summed E-state index contributed by atoms with van der Waals surface area (Å²) in [4.78, 5) is 41.5. The van der Waals surface area contributed by atoms with Gasteiger partial charge in [0.1, 0.15) is 6.04 Å². The molecule has 7 heteroatoms. The van der Waals surface area contributed by atoms with Crippen LogP contribution in [0.2, 0.25) is 0 Å². The molecule has 3 rings (SSSR count). The van der Waals surface area contributed by atoms with Gasteiger partial charge in [0.25, 0.3) is 5.91 Å². The van der Waals surface area contributed by atoms with E-state index < -0.39 is 6.04 Å². The molecule has 0 aliphatic carbocycles. The number of urea groups is 2. The highest BCUT2D eigenvalue weighted by Gasteiger charge is 2.49. The summed E-state index contributed by atoms with van der Waals surface area (Å²) in [5.74, 6) is -0.220. The zero-order valence-electron chi connectivity index (χ0n) is 13.2. The van der Waals surface area contributed by atoms with Crippen molar-refractivity contribution in [3.05, 3.63) is 30.3 Å². The van der Waals surface area contributed by atoms with Gasteiger partial charge in [-0.2, -0.15) is 0 Å². The van der Waals surface area contributed by atoms with Crippen LogP contribution in [0.1, 0.15) is 13.8 Å². The molecule has 5 amide bonds. The topological polar surface area (TPSA) is 73.0 Å². The number of nitrogens with one attached hydrogen (secondary N) is 1. The second kappa shape index (κ2) is 5.91. The van der Waals surface area contributed by atoms with Crippen molar-refractivity contribution in [1.29, 1.82) is 0 Å². The Morgan fingerprint density at radius 1 is 1.17 bits per heavy atom. The van der Waals surface area contributed by atoms with E-state index in [-0.39, 0.29) is 30.6 Å². The van der Waals surface area contributed by atoms with Gasteiger partial charge in [0.2, 0.25) is 0 Å². The molecular formula is C16H20N4O3. The largest absolute Gasteiger partial charge is 0.327 e. The summed E-state index contributed by atoms with van der Waals surface area (Å²) in [5, 5.41) is 2.81. The number of imide groups is 1. The number of carbonyl (C=O) groups excluding carboxylic acids is 3. The fourth-order valence-corrected chi connectivity index (χ4v) is 3.00. The van der Waals surface area contributed by atoms with E-state index in [0.717, 1.165) is 0 Å². The molecule has 0 bridgehead atoms. The predicted octanol–water partition coefficient (Wildman–Crippen LogP) is 1.58. The molecule has 0 spiro atoms. The molecule has 2 aliphatic rings. The minimum absolute atomic E-state index is 0.174. The van der Waals surface area contributed by atoms with Crippen LogP contribution in [0.5, 0.6) is 0 Å². The van der Waals surface area contributed by atoms with E-state index in [2.05, 4.69) is 5.32 Å². The number of rotatable bonds is 2. The Hall–Kier alpha value is -2.57. The number of amides is 5. The molecule has 1 aromatic rings. The van der Waals surface area contributed by atoms with Crippen LogP contribution < -0.4 is 5.32 Å². The maximum Gasteiger partial charge on any atom is 0.327 e. The van der Waals surface area contributed by atoms with Crippen molar-refractivity contribution >= 4 is 23.7 Å². The zero-order chi connectivity index (χ0) is 16.6. The van der Waals surface area contributed by atoms with E-state index in [1.165, 1.54) is 4.90 Å². The molecule has 2 fully saturated rings. The first-order valence-electron chi connectivity index (χ1n) is 7.73. The average molecular weight is 316 g/mol. The number of fused-ring (bicyclic) bond motifs is 1. The van der Waals surface area contributed by atoms with Crippen molar-refractivity contribution in [2.24, 2.45) is 0 Å². The second-order valence-electron chi connectivity index (χ2n) is 6.04. The highest BCUT2D eigenvalue weighted by Crippen LogP contribution is 2.24. The normalized spacial score (nSPS) is 21.0. The molecule has 2 saturated heterocycles. The lowest BCUT2D eigenvalue weighted by Gasteiger charge is -2.35. The number of hydrogen-bond donors (Lipinski definition) is 1. The highest BCUT2D eigenvalue weighted by atomic mass is 16.2. The van der Waals surface area contributed by atoms with Crippen LogP contribution in [0.15, 0.2) is 30.3 Å². The highest BCUT2D eigenvalue weighted by molar-refractivity contribution is 6.05. The fourth-order valence-electron chi connectivity index (χ4n) is 3.00. The summed E-state index contributed by atoms with van der Waals surface area (Å²) >= 11 is 0. The quantitative estimate of drug-likeness (QED) is 0.842. The number of hydrogen-bond acceptors (Lipinski definition) is 3. The molecule has 7 nitrogen and oxygen atoms in total. The molecule has 122 valence electrons. The lowest BCUT2D eigenvalue weighted by molar-refractivity contribution is -0.130. The van der Waals surface area contributed by atoms with E-state index in [9.17, 15) is 14.4 Å². The lowest BCUT2D eigenvalue weighted by Crippen LogP contribution is -2.55. The number of nitrogens with zero attached hydrogens (tertiary/aromatic N) is 3. The van der Waals surface area contributed by atoms with E-state index in [4.69, 9.17) is 0 Å². The van der Waals surface area contributed by atoms with Crippen LogP contribution in [0.4, 0.5) is 15.3 Å². The Bertz CT molecular complexity index is 631. The third-order valence-electron chi connectivity index (χ3n) is 4.18. The molecule has 1 unspecified atom stereocenters. The molecule has 0 aromatic heterocycles. The number of benzene rings is 1. The smallest absolute Gasteiger partial charge is 0.320 e. The third-order valence-corrected chi connectivity index (χ3v) is 4.18. The van der Waals surface area contributed by atoms with Gasteiger partial charge in [0.05, 0.1) is 6.54 Å². The molecule has 23 heavy (non-hydrogen) atoms. The van der Waals surface area contributed by atoms with Crippen molar-refractivity contribution in [2.75, 3.05) is 25.0 Å². The van der Waals surface area contributed by atoms with Crippen molar-refractivity contribution < 1.29 is 14.4 Å². The average Bonchev–Trinajstić information content (AvgIpc) is 2.79. The molecule has 2 heterocycles. The number of anilines is 1. The van der Waals surface area contributed by atoms with Crippen LogP contribution >= 0.6 is 0 Å². The summed E-state index contributed by atoms with van der Waals surface area (Å²) in [6.07, 6.45) is 0. The Morgan fingerprint density at radius 3 is 2.52 bits per heavy atom. The maximum absolute atomic E-state index is 12.4. The van der Waals surface area contributed by atoms with Crippen molar-refractivity contribution in [1.82, 2.24) is 14.7 Å². The lowest BCUT2D eigenvalue weighted by atomic mass is 10.2. The first kappa shape index (κ1) is 15.3. The van der Waals surface area contributed by atoms with Crippen LogP contribution in [-0.2, 0) is 4.79 Å². The molecular weight excluding hydrogens is 296 g/mol. The van der Waals surface area contributed by atoms with Gasteiger partial charge >= 0.3 is 12.1 Å². The van der Waals surface area contributed by atoms with Gasteiger partial charge in [-0.1, -0.05) is 18.2 Å². The predicted molar refractivity (Wildman–Crippen MR) is 84.9 cm³/mol. The van der Waals surface area contributed by atoms with Gasteiger partial charge in [0.15, 0.2) is 0 Å². The van der Waals surface area contributed by atoms with Crippen LogP contribution in [0.3, 0.4) is 0 Å². The summed E-state index contributed by atoms with van der Waals surface area (Å²) in [6.45, 7) is 4.65. The minimum atomic E-state index is -0.569. The summed E-state index contributed by atoms with van der Waals surface area (Å²) in [7, 11) is 0.